The first kappa shape index (κ1) is 15.3. The molecular weight excluding hydrogens is 276 g/mol. The Hall–Kier alpha value is -1.14. The fourth-order valence-electron chi connectivity index (χ4n) is 1.97. The van der Waals surface area contributed by atoms with E-state index in [1.807, 2.05) is 0 Å². The van der Waals surface area contributed by atoms with Crippen molar-refractivity contribution in [2.45, 2.75) is 45.2 Å². The third-order valence-corrected chi connectivity index (χ3v) is 3.68. The van der Waals surface area contributed by atoms with E-state index in [4.69, 9.17) is 11.6 Å². The molecule has 1 heterocycles. The van der Waals surface area contributed by atoms with Gasteiger partial charge in [-0.25, -0.2) is 0 Å². The molecule has 1 unspecified atom stereocenters. The van der Waals surface area contributed by atoms with Crippen LogP contribution in [0.1, 0.15) is 33.1 Å². The number of nitrogens with one attached hydrogen (secondary N) is 2. The molecule has 1 atom stereocenters. The van der Waals surface area contributed by atoms with Crippen molar-refractivity contribution in [3.63, 3.8) is 0 Å². The van der Waals surface area contributed by atoms with E-state index in [9.17, 15) is 0 Å². The van der Waals surface area contributed by atoms with E-state index >= 15 is 0 Å². The molecule has 2 rings (SSSR count). The molecule has 112 valence electrons. The molecule has 1 fully saturated rings. The zero-order chi connectivity index (χ0) is 14.5. The molecule has 7 heteroatoms. The molecule has 0 radical (unpaired) electrons. The maximum Gasteiger partial charge on any atom is 0.228 e. The van der Waals surface area contributed by atoms with Gasteiger partial charge in [-0.05, 0) is 44.8 Å². The topological polar surface area (TPSA) is 66.0 Å². The Morgan fingerprint density at radius 1 is 1.25 bits per heavy atom. The lowest BCUT2D eigenvalue weighted by Crippen LogP contribution is -2.36. The van der Waals surface area contributed by atoms with Gasteiger partial charge in [-0.15, -0.1) is 0 Å². The fourth-order valence-corrected chi connectivity index (χ4v) is 2.13. The molecule has 1 aromatic heterocycles. The Balaban J connectivity index is 1.89. The van der Waals surface area contributed by atoms with Crippen LogP contribution in [0.4, 0.5) is 11.9 Å². The summed E-state index contributed by atoms with van der Waals surface area (Å²) in [5.74, 6) is 1.05. The molecular formula is C13H23ClN6. The standard InChI is InChI=1S/C13H23ClN6/c1-4-7-15-12-17-11(14)18-13(19-12)16-8-9(2)20(3)10-5-6-10/h9-10H,4-8H2,1-3H3,(H2,15,16,17,18,19). The summed E-state index contributed by atoms with van der Waals surface area (Å²) < 4.78 is 0. The summed E-state index contributed by atoms with van der Waals surface area (Å²) in [6.07, 6.45) is 3.63. The predicted octanol–water partition coefficient (Wildman–Crippen LogP) is 2.24. The fraction of sp³-hybridized carbons (Fsp3) is 0.769. The smallest absolute Gasteiger partial charge is 0.228 e. The summed E-state index contributed by atoms with van der Waals surface area (Å²) in [7, 11) is 2.17. The Labute approximate surface area is 125 Å². The predicted molar refractivity (Wildman–Crippen MR) is 82.4 cm³/mol. The third-order valence-electron chi connectivity index (χ3n) is 3.51. The monoisotopic (exact) mass is 298 g/mol. The van der Waals surface area contributed by atoms with E-state index in [0.29, 0.717) is 17.9 Å². The normalized spacial score (nSPS) is 16.2. The van der Waals surface area contributed by atoms with Crippen LogP contribution in [0.15, 0.2) is 0 Å². The van der Waals surface area contributed by atoms with Gasteiger partial charge in [0.15, 0.2) is 0 Å². The molecule has 1 saturated carbocycles. The van der Waals surface area contributed by atoms with Crippen LogP contribution < -0.4 is 10.6 Å². The minimum atomic E-state index is 0.212. The van der Waals surface area contributed by atoms with Gasteiger partial charge < -0.3 is 10.6 Å². The number of likely N-dealkylation sites (N-methyl/N-ethyl adjacent to an activating group) is 1. The van der Waals surface area contributed by atoms with Crippen molar-refractivity contribution in [1.29, 1.82) is 0 Å². The van der Waals surface area contributed by atoms with Gasteiger partial charge in [0.05, 0.1) is 0 Å². The summed E-state index contributed by atoms with van der Waals surface area (Å²) in [4.78, 5) is 14.9. The van der Waals surface area contributed by atoms with Crippen LogP contribution in [0.5, 0.6) is 0 Å². The summed E-state index contributed by atoms with van der Waals surface area (Å²) in [6.45, 7) is 5.90. The van der Waals surface area contributed by atoms with Gasteiger partial charge in [0, 0.05) is 25.2 Å². The van der Waals surface area contributed by atoms with E-state index in [1.165, 1.54) is 12.8 Å². The van der Waals surface area contributed by atoms with Crippen LogP contribution >= 0.6 is 11.6 Å². The van der Waals surface area contributed by atoms with Crippen molar-refractivity contribution in [3.8, 4) is 0 Å². The molecule has 0 spiro atoms. The zero-order valence-corrected chi connectivity index (χ0v) is 13.1. The van der Waals surface area contributed by atoms with E-state index in [1.54, 1.807) is 0 Å². The lowest BCUT2D eigenvalue weighted by atomic mass is 10.3. The highest BCUT2D eigenvalue weighted by molar-refractivity contribution is 6.28. The SMILES string of the molecule is CCCNc1nc(Cl)nc(NCC(C)N(C)C2CC2)n1. The number of rotatable bonds is 8. The van der Waals surface area contributed by atoms with Gasteiger partial charge in [0.25, 0.3) is 0 Å². The molecule has 1 aromatic rings. The molecule has 1 aliphatic rings. The van der Waals surface area contributed by atoms with Gasteiger partial charge in [-0.1, -0.05) is 6.92 Å². The Morgan fingerprint density at radius 2 is 1.90 bits per heavy atom. The van der Waals surface area contributed by atoms with Crippen molar-refractivity contribution in [1.82, 2.24) is 19.9 Å². The quantitative estimate of drug-likeness (QED) is 0.767. The second-order valence-corrected chi connectivity index (χ2v) is 5.64. The largest absolute Gasteiger partial charge is 0.354 e. The van der Waals surface area contributed by atoms with Crippen LogP contribution in [-0.2, 0) is 0 Å². The van der Waals surface area contributed by atoms with Crippen molar-refractivity contribution >= 4 is 23.5 Å². The van der Waals surface area contributed by atoms with Crippen molar-refractivity contribution in [2.24, 2.45) is 0 Å². The summed E-state index contributed by atoms with van der Waals surface area (Å²) >= 11 is 5.91. The minimum Gasteiger partial charge on any atom is -0.354 e. The Kier molecular flexibility index (Phi) is 5.37. The molecule has 0 aliphatic heterocycles. The highest BCUT2D eigenvalue weighted by Gasteiger charge is 2.28. The van der Waals surface area contributed by atoms with Crippen LogP contribution in [-0.4, -0.2) is 52.1 Å². The molecule has 1 aliphatic carbocycles. The number of hydrogen-bond donors (Lipinski definition) is 2. The van der Waals surface area contributed by atoms with E-state index in [0.717, 1.165) is 25.6 Å². The lowest BCUT2D eigenvalue weighted by molar-refractivity contribution is 0.257. The first-order valence-corrected chi connectivity index (χ1v) is 7.59. The molecule has 0 bridgehead atoms. The zero-order valence-electron chi connectivity index (χ0n) is 12.4. The van der Waals surface area contributed by atoms with Crippen molar-refractivity contribution in [2.75, 3.05) is 30.8 Å². The van der Waals surface area contributed by atoms with Gasteiger partial charge >= 0.3 is 0 Å². The maximum atomic E-state index is 5.91. The van der Waals surface area contributed by atoms with Gasteiger partial charge in [-0.3, -0.25) is 4.90 Å². The molecule has 20 heavy (non-hydrogen) atoms. The van der Waals surface area contributed by atoms with Crippen LogP contribution in [0, 0.1) is 0 Å². The number of hydrogen-bond acceptors (Lipinski definition) is 6. The van der Waals surface area contributed by atoms with E-state index < -0.39 is 0 Å². The second kappa shape index (κ2) is 7.04. The van der Waals surface area contributed by atoms with Gasteiger partial charge in [0.2, 0.25) is 17.2 Å². The second-order valence-electron chi connectivity index (χ2n) is 5.30. The lowest BCUT2D eigenvalue weighted by Gasteiger charge is -2.24. The summed E-state index contributed by atoms with van der Waals surface area (Å²) in [6, 6.07) is 1.18. The minimum absolute atomic E-state index is 0.212. The molecule has 6 nitrogen and oxygen atoms in total. The van der Waals surface area contributed by atoms with Gasteiger partial charge in [-0.2, -0.15) is 15.0 Å². The van der Waals surface area contributed by atoms with Crippen LogP contribution in [0.25, 0.3) is 0 Å². The van der Waals surface area contributed by atoms with Crippen LogP contribution in [0.3, 0.4) is 0 Å². The third kappa shape index (κ3) is 4.45. The number of halogens is 1. The first-order chi connectivity index (χ1) is 9.60. The molecule has 0 aromatic carbocycles. The summed E-state index contributed by atoms with van der Waals surface area (Å²) in [5.41, 5.74) is 0. The molecule has 2 N–H and O–H groups in total. The van der Waals surface area contributed by atoms with Crippen molar-refractivity contribution in [3.05, 3.63) is 5.28 Å². The number of nitrogens with zero attached hydrogens (tertiary/aromatic N) is 4. The maximum absolute atomic E-state index is 5.91. The number of aromatic nitrogens is 3. The average Bonchev–Trinajstić information content (AvgIpc) is 3.25. The molecule has 0 amide bonds. The number of anilines is 2. The average molecular weight is 299 g/mol. The Morgan fingerprint density at radius 3 is 2.50 bits per heavy atom. The van der Waals surface area contributed by atoms with E-state index in [-0.39, 0.29) is 5.28 Å². The van der Waals surface area contributed by atoms with E-state index in [2.05, 4.69) is 51.4 Å². The molecule has 0 saturated heterocycles. The summed E-state index contributed by atoms with van der Waals surface area (Å²) in [5, 5.41) is 6.57. The first-order valence-electron chi connectivity index (χ1n) is 7.21. The highest BCUT2D eigenvalue weighted by Crippen LogP contribution is 2.26. The Bertz CT molecular complexity index is 437. The highest BCUT2D eigenvalue weighted by atomic mass is 35.5. The van der Waals surface area contributed by atoms with Gasteiger partial charge in [0.1, 0.15) is 0 Å². The van der Waals surface area contributed by atoms with Crippen LogP contribution in [0.2, 0.25) is 5.28 Å². The van der Waals surface area contributed by atoms with Crippen molar-refractivity contribution < 1.29 is 0 Å².